The van der Waals surface area contributed by atoms with Gasteiger partial charge in [0.1, 0.15) is 18.4 Å². The van der Waals surface area contributed by atoms with Crippen LogP contribution in [0.2, 0.25) is 0 Å². The minimum absolute atomic E-state index is 0.265. The molecule has 0 spiro atoms. The second-order valence-electron chi connectivity index (χ2n) is 7.86. The topological polar surface area (TPSA) is 114 Å². The predicted molar refractivity (Wildman–Crippen MR) is 146 cm³/mol. The number of guanidine groups is 1. The number of anilines is 3. The molecule has 2 aromatic heterocycles. The number of aryl methyl sites for hydroxylation is 2. The number of aromatic nitrogens is 5. The summed E-state index contributed by atoms with van der Waals surface area (Å²) >= 11 is 5.50. The van der Waals surface area contributed by atoms with Gasteiger partial charge in [-0.3, -0.25) is 5.32 Å². The number of thiocarbonyl (C=S) groups is 1. The first-order valence-corrected chi connectivity index (χ1v) is 11.8. The van der Waals surface area contributed by atoms with Crippen LogP contribution in [-0.2, 0) is 6.54 Å². The molecule has 36 heavy (non-hydrogen) atoms. The van der Waals surface area contributed by atoms with Gasteiger partial charge in [-0.25, -0.2) is 19.6 Å². The molecule has 0 aliphatic heterocycles. The van der Waals surface area contributed by atoms with Crippen molar-refractivity contribution in [3.05, 3.63) is 84.2 Å². The van der Waals surface area contributed by atoms with E-state index in [0.29, 0.717) is 25.1 Å². The fraction of sp³-hybridized carbons (Fsp3) is 0.200. The maximum Gasteiger partial charge on any atom is 0.229 e. The minimum Gasteiger partial charge on any atom is -0.494 e. The van der Waals surface area contributed by atoms with E-state index in [4.69, 9.17) is 17.0 Å². The quantitative estimate of drug-likeness (QED) is 0.192. The third-order valence-electron chi connectivity index (χ3n) is 4.87. The maximum absolute atomic E-state index is 5.50. The Hall–Kier alpha value is -4.38. The van der Waals surface area contributed by atoms with Crippen molar-refractivity contribution < 1.29 is 4.74 Å². The predicted octanol–water partition coefficient (Wildman–Crippen LogP) is 4.41. The SMILES string of the molecule is CCOc1ccc(NC(=S)/N=C(\Nc2ccc(Cn3cncn3)cc2)Nc2nc(C)cc(C)n2)cc1. The molecule has 0 saturated carbocycles. The van der Waals surface area contributed by atoms with Crippen molar-refractivity contribution in [3.63, 3.8) is 0 Å². The van der Waals surface area contributed by atoms with E-state index in [-0.39, 0.29) is 5.11 Å². The number of benzene rings is 2. The summed E-state index contributed by atoms with van der Waals surface area (Å²) < 4.78 is 7.25. The number of ether oxygens (including phenoxy) is 1. The average Bonchev–Trinajstić information content (AvgIpc) is 3.34. The molecule has 3 N–H and O–H groups in total. The smallest absolute Gasteiger partial charge is 0.229 e. The summed E-state index contributed by atoms with van der Waals surface area (Å²) in [4.78, 5) is 17.4. The van der Waals surface area contributed by atoms with Gasteiger partial charge in [0.15, 0.2) is 0 Å². The average molecular weight is 502 g/mol. The van der Waals surface area contributed by atoms with E-state index in [1.165, 1.54) is 6.33 Å². The number of hydrogen-bond acceptors (Lipinski definition) is 6. The fourth-order valence-corrected chi connectivity index (χ4v) is 3.57. The Kier molecular flexibility index (Phi) is 8.14. The highest BCUT2D eigenvalue weighted by Gasteiger charge is 2.08. The Morgan fingerprint density at radius 1 is 0.944 bits per heavy atom. The van der Waals surface area contributed by atoms with E-state index < -0.39 is 0 Å². The Balaban J connectivity index is 1.51. The second-order valence-corrected chi connectivity index (χ2v) is 8.25. The molecule has 0 amide bonds. The highest BCUT2D eigenvalue weighted by molar-refractivity contribution is 7.80. The Morgan fingerprint density at radius 3 is 2.25 bits per heavy atom. The standard InChI is InChI=1S/C25H27N9OS/c1-4-35-22-11-9-21(10-12-22)31-25(36)33-24(32-23-28-17(2)13-18(3)29-23)30-20-7-5-19(6-8-20)14-34-16-26-15-27-34/h5-13,15-16H,4,14H2,1-3H3,(H3,28,29,30,31,32,33,36). The van der Waals surface area contributed by atoms with Crippen molar-refractivity contribution in [2.75, 3.05) is 22.6 Å². The second kappa shape index (κ2) is 11.8. The molecule has 2 heterocycles. The summed E-state index contributed by atoms with van der Waals surface area (Å²) in [5.41, 5.74) is 4.39. The first kappa shape index (κ1) is 24.7. The number of aliphatic imine (C=N–C) groups is 1. The van der Waals surface area contributed by atoms with Gasteiger partial charge in [0.2, 0.25) is 17.0 Å². The van der Waals surface area contributed by atoms with Crippen LogP contribution < -0.4 is 20.7 Å². The molecule has 2 aromatic carbocycles. The van der Waals surface area contributed by atoms with E-state index in [1.54, 1.807) is 11.0 Å². The van der Waals surface area contributed by atoms with Gasteiger partial charge < -0.3 is 15.4 Å². The van der Waals surface area contributed by atoms with Crippen LogP contribution in [0.5, 0.6) is 5.75 Å². The van der Waals surface area contributed by atoms with Gasteiger partial charge in [-0.15, -0.1) is 0 Å². The zero-order valence-corrected chi connectivity index (χ0v) is 21.1. The maximum atomic E-state index is 5.50. The Bertz CT molecular complexity index is 1300. The summed E-state index contributed by atoms with van der Waals surface area (Å²) in [6.07, 6.45) is 3.20. The molecule has 0 aliphatic rings. The first-order chi connectivity index (χ1) is 17.5. The lowest BCUT2D eigenvalue weighted by atomic mass is 10.2. The summed E-state index contributed by atoms with van der Waals surface area (Å²) in [6, 6.07) is 17.3. The lowest BCUT2D eigenvalue weighted by Gasteiger charge is -2.14. The third-order valence-corrected chi connectivity index (χ3v) is 5.06. The highest BCUT2D eigenvalue weighted by Crippen LogP contribution is 2.16. The molecular formula is C25H27N9OS. The Morgan fingerprint density at radius 2 is 1.61 bits per heavy atom. The van der Waals surface area contributed by atoms with E-state index >= 15 is 0 Å². The van der Waals surface area contributed by atoms with Gasteiger partial charge in [-0.2, -0.15) is 10.1 Å². The van der Waals surface area contributed by atoms with Gasteiger partial charge in [-0.05, 0) is 81.0 Å². The van der Waals surface area contributed by atoms with Gasteiger partial charge in [0, 0.05) is 22.8 Å². The van der Waals surface area contributed by atoms with Crippen LogP contribution in [-0.4, -0.2) is 42.4 Å². The number of nitrogens with one attached hydrogen (secondary N) is 3. The number of hydrogen-bond donors (Lipinski definition) is 3. The summed E-state index contributed by atoms with van der Waals surface area (Å²) in [7, 11) is 0. The van der Waals surface area contributed by atoms with E-state index in [0.717, 1.165) is 34.1 Å². The molecule has 0 aliphatic carbocycles. The summed E-state index contributed by atoms with van der Waals surface area (Å²) in [5, 5.41) is 14.0. The van der Waals surface area contributed by atoms with Crippen LogP contribution >= 0.6 is 12.2 Å². The van der Waals surface area contributed by atoms with E-state index in [1.807, 2.05) is 75.4 Å². The molecule has 0 unspecified atom stereocenters. The van der Waals surface area contributed by atoms with Crippen molar-refractivity contribution in [3.8, 4) is 5.75 Å². The van der Waals surface area contributed by atoms with Crippen molar-refractivity contribution in [2.24, 2.45) is 4.99 Å². The van der Waals surface area contributed by atoms with E-state index in [2.05, 4.69) is 41.0 Å². The zero-order chi connectivity index (χ0) is 25.3. The van der Waals surface area contributed by atoms with Gasteiger partial charge in [0.05, 0.1) is 13.2 Å². The molecule has 4 aromatic rings. The molecule has 10 nitrogen and oxygen atoms in total. The molecule has 0 bridgehead atoms. The van der Waals surface area contributed by atoms with Crippen LogP contribution in [0, 0.1) is 13.8 Å². The van der Waals surface area contributed by atoms with Crippen LogP contribution in [0.3, 0.4) is 0 Å². The summed E-state index contributed by atoms with van der Waals surface area (Å²) in [6.45, 7) is 7.01. The Labute approximate surface area is 214 Å². The van der Waals surface area contributed by atoms with Crippen LogP contribution in [0.25, 0.3) is 0 Å². The van der Waals surface area contributed by atoms with Gasteiger partial charge in [0.25, 0.3) is 0 Å². The number of nitrogens with zero attached hydrogens (tertiary/aromatic N) is 6. The zero-order valence-electron chi connectivity index (χ0n) is 20.3. The summed E-state index contributed by atoms with van der Waals surface area (Å²) in [5.74, 6) is 1.60. The van der Waals surface area contributed by atoms with Crippen molar-refractivity contribution in [2.45, 2.75) is 27.3 Å². The van der Waals surface area contributed by atoms with Crippen LogP contribution in [0.15, 0.2) is 72.2 Å². The van der Waals surface area contributed by atoms with Crippen LogP contribution in [0.1, 0.15) is 23.9 Å². The molecule has 0 radical (unpaired) electrons. The molecule has 0 fully saturated rings. The first-order valence-electron chi connectivity index (χ1n) is 11.4. The van der Waals surface area contributed by atoms with Crippen molar-refractivity contribution in [1.29, 1.82) is 0 Å². The van der Waals surface area contributed by atoms with Crippen molar-refractivity contribution in [1.82, 2.24) is 24.7 Å². The fourth-order valence-electron chi connectivity index (χ4n) is 3.36. The highest BCUT2D eigenvalue weighted by atomic mass is 32.1. The molecule has 184 valence electrons. The van der Waals surface area contributed by atoms with Crippen molar-refractivity contribution >= 4 is 40.6 Å². The molecule has 0 atom stereocenters. The normalized spacial score (nSPS) is 11.1. The lowest BCUT2D eigenvalue weighted by molar-refractivity contribution is 0.340. The third kappa shape index (κ3) is 7.31. The molecule has 11 heteroatoms. The molecule has 4 rings (SSSR count). The minimum atomic E-state index is 0.265. The van der Waals surface area contributed by atoms with Crippen LogP contribution in [0.4, 0.5) is 17.3 Å². The molecule has 0 saturated heterocycles. The lowest BCUT2D eigenvalue weighted by Crippen LogP contribution is -2.26. The molecular weight excluding hydrogens is 474 g/mol. The van der Waals surface area contributed by atoms with Gasteiger partial charge in [-0.1, -0.05) is 12.1 Å². The number of rotatable bonds is 7. The monoisotopic (exact) mass is 501 g/mol. The van der Waals surface area contributed by atoms with E-state index in [9.17, 15) is 0 Å². The van der Waals surface area contributed by atoms with Gasteiger partial charge >= 0.3 is 0 Å². The largest absolute Gasteiger partial charge is 0.494 e.